The Morgan fingerprint density at radius 1 is 0.525 bits per heavy atom. The van der Waals surface area contributed by atoms with Crippen molar-refractivity contribution < 1.29 is 95.0 Å². The van der Waals surface area contributed by atoms with Gasteiger partial charge < -0.3 is 108 Å². The van der Waals surface area contributed by atoms with Crippen LogP contribution in [-0.2, 0) is 80.6 Å². The zero-order chi connectivity index (χ0) is 70.4. The number of halogens is 1. The van der Waals surface area contributed by atoms with Gasteiger partial charge >= 0.3 is 6.03 Å². The van der Waals surface area contributed by atoms with Crippen LogP contribution in [0.2, 0.25) is 5.02 Å². The largest absolute Gasteiger partial charge is 0.386 e. The van der Waals surface area contributed by atoms with Gasteiger partial charge in [0.15, 0.2) is 0 Å². The highest BCUT2D eigenvalue weighted by Crippen LogP contribution is 2.33. The molecule has 0 aromatic heterocycles. The lowest BCUT2D eigenvalue weighted by atomic mass is 9.89. The molecule has 99 heavy (non-hydrogen) atoms. The molecule has 6 amide bonds. The van der Waals surface area contributed by atoms with E-state index in [-0.39, 0.29) is 54.9 Å². The number of hydrogen-bond acceptors (Lipinski definition) is 22. The van der Waals surface area contributed by atoms with Crippen molar-refractivity contribution in [3.63, 3.8) is 0 Å². The van der Waals surface area contributed by atoms with Crippen molar-refractivity contribution in [3.05, 3.63) is 82.5 Å². The Kier molecular flexibility index (Phi) is 47.8. The highest BCUT2D eigenvalue weighted by atomic mass is 35.5. The summed E-state index contributed by atoms with van der Waals surface area (Å²) in [5.74, 6) is 0.362. The Morgan fingerprint density at radius 3 is 1.39 bits per heavy atom. The third-order valence-electron chi connectivity index (χ3n) is 15.9. The quantitative estimate of drug-likeness (QED) is 0.0382. The summed E-state index contributed by atoms with van der Waals surface area (Å²) < 4.78 is 83.5. The van der Waals surface area contributed by atoms with Gasteiger partial charge in [0.25, 0.3) is 11.8 Å². The molecule has 3 aliphatic rings. The average molecular weight is 1440 g/mol. The molecular formula is C70H114ClN7O20S. The molecule has 6 N–H and O–H groups in total. The van der Waals surface area contributed by atoms with E-state index < -0.39 is 11.9 Å². The first-order valence-corrected chi connectivity index (χ1v) is 36.7. The minimum Gasteiger partial charge on any atom is -0.386 e. The smallest absolute Gasteiger partial charge is 0.315 e. The second-order valence-corrected chi connectivity index (χ2v) is 25.6. The number of nitrogens with one attached hydrogen (secondary N) is 6. The maximum absolute atomic E-state index is 13.6. The van der Waals surface area contributed by atoms with Crippen LogP contribution in [0.5, 0.6) is 0 Å². The summed E-state index contributed by atoms with van der Waals surface area (Å²) in [5.41, 5.74) is 2.72. The SMILES string of the molecule is C=C(CCOCCOCCOCCOCCNC(=O)c1cccc(C(=O)N[C@@H](C(=O)N2CCC(c3ccc(Cl)cc3)CC2)C(C)C)c1)NCCOCCOCCOCCOCCOCCOCCOCCOCCOCCOCCOCCNC(=O)CCCC[C@@H]1SC[C@@H]2NC(=O)N[C@@H]21. The first-order valence-electron chi connectivity index (χ1n) is 35.2. The van der Waals surface area contributed by atoms with Crippen LogP contribution in [0.15, 0.2) is 60.8 Å². The lowest BCUT2D eigenvalue weighted by Gasteiger charge is -2.35. The summed E-state index contributed by atoms with van der Waals surface area (Å²) >= 11 is 7.97. The Balaban J connectivity index is 0.652. The van der Waals surface area contributed by atoms with E-state index in [1.54, 1.807) is 18.2 Å². The number of carbonyl (C=O) groups is 5. The van der Waals surface area contributed by atoms with Gasteiger partial charge in [0.2, 0.25) is 11.8 Å². The highest BCUT2D eigenvalue weighted by Gasteiger charge is 2.42. The van der Waals surface area contributed by atoms with Crippen molar-refractivity contribution >= 4 is 53.0 Å². The van der Waals surface area contributed by atoms with E-state index in [9.17, 15) is 24.0 Å². The number of likely N-dealkylation sites (tertiary alicyclic amines) is 1. The molecule has 0 saturated carbocycles. The summed E-state index contributed by atoms with van der Waals surface area (Å²) in [7, 11) is 0. The molecule has 0 unspecified atom stereocenters. The van der Waals surface area contributed by atoms with Gasteiger partial charge in [-0.25, -0.2) is 4.79 Å². The summed E-state index contributed by atoms with van der Waals surface area (Å²) in [6, 6.07) is 14.0. The maximum Gasteiger partial charge on any atom is 0.315 e. The van der Waals surface area contributed by atoms with E-state index in [1.807, 2.05) is 54.8 Å². The molecule has 0 bridgehead atoms. The van der Waals surface area contributed by atoms with Crippen LogP contribution in [0.1, 0.15) is 91.0 Å². The van der Waals surface area contributed by atoms with Crippen LogP contribution in [0, 0.1) is 5.92 Å². The van der Waals surface area contributed by atoms with Gasteiger partial charge in [-0.2, -0.15) is 11.8 Å². The number of amides is 6. The fourth-order valence-electron chi connectivity index (χ4n) is 10.5. The van der Waals surface area contributed by atoms with Gasteiger partial charge in [0, 0.05) is 78.4 Å². The van der Waals surface area contributed by atoms with Crippen LogP contribution in [0.4, 0.5) is 4.79 Å². The number of fused-ring (bicyclic) bond motifs is 1. The van der Waals surface area contributed by atoms with Gasteiger partial charge in [-0.15, -0.1) is 0 Å². The van der Waals surface area contributed by atoms with Gasteiger partial charge in [0.1, 0.15) is 6.04 Å². The average Bonchev–Trinajstić information content (AvgIpc) is 1.75. The van der Waals surface area contributed by atoms with Crippen LogP contribution in [0.3, 0.4) is 0 Å². The first kappa shape index (κ1) is 84.8. The fourth-order valence-corrected chi connectivity index (χ4v) is 12.2. The zero-order valence-electron chi connectivity index (χ0n) is 58.6. The molecule has 4 atom stereocenters. The highest BCUT2D eigenvalue weighted by molar-refractivity contribution is 8.00. The van der Waals surface area contributed by atoms with Crippen molar-refractivity contribution in [1.82, 2.24) is 36.8 Å². The van der Waals surface area contributed by atoms with Gasteiger partial charge in [-0.3, -0.25) is 19.2 Å². The van der Waals surface area contributed by atoms with Gasteiger partial charge in [0.05, 0.1) is 210 Å². The number of unbranched alkanes of at least 4 members (excludes halogenated alkanes) is 1. The normalized spacial score (nSPS) is 16.4. The zero-order valence-corrected chi connectivity index (χ0v) is 60.2. The summed E-state index contributed by atoms with van der Waals surface area (Å²) in [6.07, 6.45) is 5.64. The maximum atomic E-state index is 13.6. The molecular weight excluding hydrogens is 1330 g/mol. The topological polar surface area (TPSA) is 299 Å². The predicted octanol–water partition coefficient (Wildman–Crippen LogP) is 4.81. The second-order valence-electron chi connectivity index (χ2n) is 23.9. The molecule has 27 nitrogen and oxygen atoms in total. The standard InChI is InChI=1S/C70H114ClN7O20S/c1-55(2)65(69(82)78-21-15-58(16-22-78)57-11-13-61(71)14-12-57)76-68(81)60-8-6-7-59(53-60)67(80)74-20-26-87-30-34-91-36-35-88-31-27-84-23-17-56(3)72-18-24-85-28-32-89-37-39-92-41-43-94-45-47-96-49-51-98-52-50-97-48-46-95-44-42-93-40-38-90-33-29-86-25-19-73-64(79)10-5-4-9-63-66-62(54-99-63)75-70(83)77-66/h6-8,11-14,53,55,58,62-63,65-66,72H,3-5,9-10,15-52,54H2,1-2H3,(H,73,79)(H,74,80)(H,76,81)(H2,75,77,83)/t62-,63-,65+,66-/m0/s1. The van der Waals surface area contributed by atoms with E-state index in [1.165, 1.54) is 11.6 Å². The van der Waals surface area contributed by atoms with E-state index in [0.29, 0.717) is 258 Å². The number of hydrogen-bond donors (Lipinski definition) is 6. The third-order valence-corrected chi connectivity index (χ3v) is 17.7. The molecule has 3 heterocycles. The molecule has 5 rings (SSSR count). The van der Waals surface area contributed by atoms with Crippen molar-refractivity contribution in [2.75, 3.05) is 237 Å². The Bertz CT molecular complexity index is 2480. The minimum atomic E-state index is -0.697. The molecule has 0 spiro atoms. The fraction of sp³-hybridized carbons (Fsp3) is 0.729. The predicted molar refractivity (Wildman–Crippen MR) is 376 cm³/mol. The molecule has 29 heteroatoms. The van der Waals surface area contributed by atoms with Gasteiger partial charge in [-0.1, -0.05) is 56.6 Å². The first-order chi connectivity index (χ1) is 48.5. The number of rotatable bonds is 63. The van der Waals surface area contributed by atoms with Crippen LogP contribution in [-0.4, -0.2) is 295 Å². The number of nitrogens with zero attached hydrogens (tertiary/aromatic N) is 1. The summed E-state index contributed by atoms with van der Waals surface area (Å²) in [6.45, 7) is 24.1. The number of thioether (sulfide) groups is 1. The monoisotopic (exact) mass is 1440 g/mol. The molecule has 2 aromatic rings. The van der Waals surface area contributed by atoms with Crippen LogP contribution < -0.4 is 31.9 Å². The van der Waals surface area contributed by atoms with E-state index in [0.717, 1.165) is 43.6 Å². The number of carbonyl (C=O) groups excluding carboxylic acids is 5. The van der Waals surface area contributed by atoms with Crippen molar-refractivity contribution in [2.45, 2.75) is 88.1 Å². The molecule has 3 saturated heterocycles. The minimum absolute atomic E-state index is 0.0348. The number of ether oxygens (including phenoxy) is 15. The number of urea groups is 1. The molecule has 2 aromatic carbocycles. The molecule has 3 aliphatic heterocycles. The molecule has 0 aliphatic carbocycles. The van der Waals surface area contributed by atoms with Crippen molar-refractivity contribution in [2.24, 2.45) is 5.92 Å². The van der Waals surface area contributed by atoms with E-state index >= 15 is 0 Å². The lowest BCUT2D eigenvalue weighted by Crippen LogP contribution is -2.52. The second kappa shape index (κ2) is 55.7. The van der Waals surface area contributed by atoms with Crippen LogP contribution >= 0.6 is 23.4 Å². The number of benzene rings is 2. The Hall–Kier alpha value is -4.83. The summed E-state index contributed by atoms with van der Waals surface area (Å²) in [5, 5.41) is 19.0. The van der Waals surface area contributed by atoms with Crippen molar-refractivity contribution in [1.29, 1.82) is 0 Å². The summed E-state index contributed by atoms with van der Waals surface area (Å²) in [4.78, 5) is 65.4. The van der Waals surface area contributed by atoms with Crippen molar-refractivity contribution in [3.8, 4) is 0 Å². The van der Waals surface area contributed by atoms with E-state index in [2.05, 4.69) is 38.5 Å². The van der Waals surface area contributed by atoms with E-state index in [4.69, 9.17) is 82.7 Å². The lowest BCUT2D eigenvalue weighted by molar-refractivity contribution is -0.135. The van der Waals surface area contributed by atoms with Crippen LogP contribution in [0.25, 0.3) is 0 Å². The Labute approximate surface area is 595 Å². The molecule has 562 valence electrons. The van der Waals surface area contributed by atoms with Gasteiger partial charge in [-0.05, 0) is 73.4 Å². The molecule has 0 radical (unpaired) electrons. The number of piperidine rings is 1. The Morgan fingerprint density at radius 2 is 0.939 bits per heavy atom. The third kappa shape index (κ3) is 40.0. The molecule has 3 fully saturated rings.